The number of aryl methyl sites for hydroxylation is 1. The molecule has 0 saturated heterocycles. The van der Waals surface area contributed by atoms with Crippen LogP contribution in [0.15, 0.2) is 46.5 Å². The summed E-state index contributed by atoms with van der Waals surface area (Å²) in [5.74, 6) is 0. The molecule has 3 nitrogen and oxygen atoms in total. The molecule has 0 bridgehead atoms. The average Bonchev–Trinajstić information content (AvgIpc) is 2.83. The maximum Gasteiger partial charge on any atom is 0.171 e. The quantitative estimate of drug-likeness (QED) is 0.759. The molecule has 5 heteroatoms. The molecule has 21 heavy (non-hydrogen) atoms. The molecule has 0 atom stereocenters. The minimum absolute atomic E-state index is 0.620. The molecule has 0 unspecified atom stereocenters. The molecule has 3 aromatic rings. The highest BCUT2D eigenvalue weighted by Crippen LogP contribution is 2.32. The van der Waals surface area contributed by atoms with Gasteiger partial charge in [0, 0.05) is 9.92 Å². The molecule has 0 amide bonds. The summed E-state index contributed by atoms with van der Waals surface area (Å²) in [6.45, 7) is 2.69. The number of nitrogens with zero attached hydrogens (tertiary/aromatic N) is 1. The van der Waals surface area contributed by atoms with Crippen molar-refractivity contribution in [2.75, 3.05) is 6.54 Å². The van der Waals surface area contributed by atoms with Crippen LogP contribution in [-0.4, -0.2) is 16.5 Å². The van der Waals surface area contributed by atoms with Crippen molar-refractivity contribution >= 4 is 34.4 Å². The molecule has 3 N–H and O–H groups in total. The molecule has 0 saturated carbocycles. The zero-order chi connectivity index (χ0) is 14.8. The number of fused-ring (bicyclic) bond motifs is 1. The molecule has 3 rings (SSSR count). The fourth-order valence-corrected chi connectivity index (χ4v) is 3.48. The van der Waals surface area contributed by atoms with Gasteiger partial charge >= 0.3 is 0 Å². The number of hydrogen-bond donors (Lipinski definition) is 2. The van der Waals surface area contributed by atoms with Crippen LogP contribution in [0.1, 0.15) is 11.1 Å². The van der Waals surface area contributed by atoms with Crippen LogP contribution in [0.2, 0.25) is 5.02 Å². The van der Waals surface area contributed by atoms with Crippen LogP contribution in [0.5, 0.6) is 0 Å². The predicted octanol–water partition coefficient (Wildman–Crippen LogP) is 4.18. The fraction of sp³-hybridized carbons (Fsp3) is 0.188. The summed E-state index contributed by atoms with van der Waals surface area (Å²) in [4.78, 5) is 9.06. The molecule has 0 aliphatic carbocycles. The van der Waals surface area contributed by atoms with Crippen molar-refractivity contribution < 1.29 is 0 Å². The standard InChI is InChI=1S/C16H16ClN3S/c1-10-2-5-13-14(8-10)20-16(19-13)21-15-9-12(17)4-3-11(15)6-7-18/h2-5,8-9H,6-7,18H2,1H3,(H,19,20). The van der Waals surface area contributed by atoms with Gasteiger partial charge in [0.1, 0.15) is 0 Å². The topological polar surface area (TPSA) is 54.7 Å². The highest BCUT2D eigenvalue weighted by Gasteiger charge is 2.09. The van der Waals surface area contributed by atoms with Gasteiger partial charge in [-0.3, -0.25) is 0 Å². The third kappa shape index (κ3) is 3.23. The summed E-state index contributed by atoms with van der Waals surface area (Å²) in [6.07, 6.45) is 0.832. The zero-order valence-electron chi connectivity index (χ0n) is 11.7. The first kappa shape index (κ1) is 14.4. The summed E-state index contributed by atoms with van der Waals surface area (Å²) in [6, 6.07) is 12.1. The van der Waals surface area contributed by atoms with E-state index in [4.69, 9.17) is 17.3 Å². The van der Waals surface area contributed by atoms with E-state index in [0.717, 1.165) is 32.5 Å². The van der Waals surface area contributed by atoms with E-state index in [1.165, 1.54) is 11.1 Å². The van der Waals surface area contributed by atoms with E-state index in [0.29, 0.717) is 6.54 Å². The molecule has 0 radical (unpaired) electrons. The Morgan fingerprint density at radius 3 is 2.90 bits per heavy atom. The Bertz CT molecular complexity index is 782. The number of benzene rings is 2. The lowest BCUT2D eigenvalue weighted by atomic mass is 10.1. The summed E-state index contributed by atoms with van der Waals surface area (Å²) in [5, 5.41) is 1.60. The van der Waals surface area contributed by atoms with Crippen molar-refractivity contribution in [2.45, 2.75) is 23.4 Å². The lowest BCUT2D eigenvalue weighted by Gasteiger charge is -2.07. The van der Waals surface area contributed by atoms with Crippen LogP contribution >= 0.6 is 23.4 Å². The van der Waals surface area contributed by atoms with Gasteiger partial charge in [0.15, 0.2) is 5.16 Å². The van der Waals surface area contributed by atoms with Gasteiger partial charge in [0.25, 0.3) is 0 Å². The number of imidazole rings is 1. The van der Waals surface area contributed by atoms with E-state index in [-0.39, 0.29) is 0 Å². The number of H-pyrrole nitrogens is 1. The average molecular weight is 318 g/mol. The number of halogens is 1. The molecule has 0 aliphatic heterocycles. The monoisotopic (exact) mass is 317 g/mol. The van der Waals surface area contributed by atoms with Crippen molar-refractivity contribution in [3.63, 3.8) is 0 Å². The number of nitrogens with one attached hydrogen (secondary N) is 1. The molecular formula is C16H16ClN3S. The number of rotatable bonds is 4. The minimum atomic E-state index is 0.620. The Hall–Kier alpha value is -1.49. The SMILES string of the molecule is Cc1ccc2nc(Sc3cc(Cl)ccc3CCN)[nH]c2c1. The Balaban J connectivity index is 1.95. The van der Waals surface area contributed by atoms with Gasteiger partial charge in [-0.05, 0) is 55.3 Å². The lowest BCUT2D eigenvalue weighted by molar-refractivity contribution is 0.942. The number of hydrogen-bond acceptors (Lipinski definition) is 3. The largest absolute Gasteiger partial charge is 0.333 e. The van der Waals surface area contributed by atoms with Crippen LogP contribution in [-0.2, 0) is 6.42 Å². The van der Waals surface area contributed by atoms with Crippen molar-refractivity contribution in [3.8, 4) is 0 Å². The van der Waals surface area contributed by atoms with Crippen LogP contribution in [0.4, 0.5) is 0 Å². The van der Waals surface area contributed by atoms with Gasteiger partial charge in [-0.1, -0.05) is 35.5 Å². The van der Waals surface area contributed by atoms with Gasteiger partial charge in [0.05, 0.1) is 11.0 Å². The van der Waals surface area contributed by atoms with E-state index < -0.39 is 0 Å². The Morgan fingerprint density at radius 2 is 2.10 bits per heavy atom. The van der Waals surface area contributed by atoms with Crippen molar-refractivity contribution in [2.24, 2.45) is 5.73 Å². The minimum Gasteiger partial charge on any atom is -0.333 e. The van der Waals surface area contributed by atoms with Crippen LogP contribution in [0.25, 0.3) is 11.0 Å². The highest BCUT2D eigenvalue weighted by molar-refractivity contribution is 7.99. The number of aromatic amines is 1. The lowest BCUT2D eigenvalue weighted by Crippen LogP contribution is -2.03. The first-order valence-electron chi connectivity index (χ1n) is 6.78. The number of aromatic nitrogens is 2. The predicted molar refractivity (Wildman–Crippen MR) is 89.2 cm³/mol. The summed E-state index contributed by atoms with van der Waals surface area (Å²) in [7, 11) is 0. The second-order valence-electron chi connectivity index (χ2n) is 4.96. The maximum atomic E-state index is 6.11. The second-order valence-corrected chi connectivity index (χ2v) is 6.42. The molecule has 1 aromatic heterocycles. The summed E-state index contributed by atoms with van der Waals surface area (Å²) >= 11 is 7.70. The van der Waals surface area contributed by atoms with Crippen LogP contribution in [0.3, 0.4) is 0 Å². The molecule has 1 heterocycles. The van der Waals surface area contributed by atoms with Gasteiger partial charge in [-0.15, -0.1) is 0 Å². The van der Waals surface area contributed by atoms with E-state index in [2.05, 4.69) is 29.0 Å². The number of nitrogens with two attached hydrogens (primary N) is 1. The van der Waals surface area contributed by atoms with Crippen LogP contribution < -0.4 is 5.73 Å². The normalized spacial score (nSPS) is 11.2. The Kier molecular flexibility index (Phi) is 4.19. The first-order chi connectivity index (χ1) is 10.2. The molecule has 2 aromatic carbocycles. The van der Waals surface area contributed by atoms with Gasteiger partial charge in [0.2, 0.25) is 0 Å². The van der Waals surface area contributed by atoms with E-state index in [9.17, 15) is 0 Å². The Morgan fingerprint density at radius 1 is 1.24 bits per heavy atom. The van der Waals surface area contributed by atoms with E-state index in [1.807, 2.05) is 24.3 Å². The second kappa shape index (κ2) is 6.10. The molecule has 0 aliphatic rings. The summed E-state index contributed by atoms with van der Waals surface area (Å²) in [5.41, 5.74) is 10.1. The molecular weight excluding hydrogens is 302 g/mol. The maximum absolute atomic E-state index is 6.11. The summed E-state index contributed by atoms with van der Waals surface area (Å²) < 4.78 is 0. The molecule has 108 valence electrons. The fourth-order valence-electron chi connectivity index (χ4n) is 2.24. The third-order valence-corrected chi connectivity index (χ3v) is 4.49. The molecule has 0 fully saturated rings. The van der Waals surface area contributed by atoms with Gasteiger partial charge < -0.3 is 10.7 Å². The van der Waals surface area contributed by atoms with Crippen LogP contribution in [0, 0.1) is 6.92 Å². The van der Waals surface area contributed by atoms with Gasteiger partial charge in [-0.25, -0.2) is 4.98 Å². The smallest absolute Gasteiger partial charge is 0.171 e. The van der Waals surface area contributed by atoms with Crippen molar-refractivity contribution in [3.05, 3.63) is 52.5 Å². The third-order valence-electron chi connectivity index (χ3n) is 3.27. The van der Waals surface area contributed by atoms with Gasteiger partial charge in [-0.2, -0.15) is 0 Å². The van der Waals surface area contributed by atoms with Crippen molar-refractivity contribution in [1.29, 1.82) is 0 Å². The van der Waals surface area contributed by atoms with E-state index in [1.54, 1.807) is 11.8 Å². The Labute approximate surface area is 132 Å². The van der Waals surface area contributed by atoms with E-state index >= 15 is 0 Å². The first-order valence-corrected chi connectivity index (χ1v) is 7.98. The molecule has 0 spiro atoms. The van der Waals surface area contributed by atoms with Crippen molar-refractivity contribution in [1.82, 2.24) is 9.97 Å². The highest BCUT2D eigenvalue weighted by atomic mass is 35.5. The zero-order valence-corrected chi connectivity index (χ0v) is 13.3.